The van der Waals surface area contributed by atoms with Crippen LogP contribution in [0.5, 0.6) is 11.5 Å². The number of halogens is 1. The number of hydrogen-bond acceptors (Lipinski definition) is 4. The first-order chi connectivity index (χ1) is 11.1. The standard InChI is InChI=1S/C18H21FN2O2/c1-4-22-18-11-14(5-10-17(18)23-13(2)3)12-20-21-16-8-6-15(19)7-9-16/h5-13,21H,4H2,1-3H3/b20-12+. The molecule has 23 heavy (non-hydrogen) atoms. The van der Waals surface area contributed by atoms with E-state index in [-0.39, 0.29) is 11.9 Å². The summed E-state index contributed by atoms with van der Waals surface area (Å²) in [6, 6.07) is 11.6. The molecule has 2 rings (SSSR count). The number of benzene rings is 2. The van der Waals surface area contributed by atoms with Crippen molar-refractivity contribution in [3.63, 3.8) is 0 Å². The van der Waals surface area contributed by atoms with Crippen molar-refractivity contribution in [3.8, 4) is 11.5 Å². The summed E-state index contributed by atoms with van der Waals surface area (Å²) in [6.07, 6.45) is 1.75. The van der Waals surface area contributed by atoms with E-state index < -0.39 is 0 Å². The van der Waals surface area contributed by atoms with Gasteiger partial charge in [-0.2, -0.15) is 5.10 Å². The van der Waals surface area contributed by atoms with E-state index in [1.165, 1.54) is 12.1 Å². The highest BCUT2D eigenvalue weighted by molar-refractivity contribution is 5.81. The van der Waals surface area contributed by atoms with Crippen molar-refractivity contribution < 1.29 is 13.9 Å². The van der Waals surface area contributed by atoms with Gasteiger partial charge in [0.1, 0.15) is 5.82 Å². The van der Waals surface area contributed by atoms with Crippen LogP contribution in [0.2, 0.25) is 0 Å². The summed E-state index contributed by atoms with van der Waals surface area (Å²) in [6.45, 7) is 6.42. The van der Waals surface area contributed by atoms with Crippen LogP contribution in [-0.4, -0.2) is 18.9 Å². The number of hydrazone groups is 1. The van der Waals surface area contributed by atoms with Gasteiger partial charge in [0.2, 0.25) is 0 Å². The number of nitrogens with zero attached hydrogens (tertiary/aromatic N) is 1. The van der Waals surface area contributed by atoms with E-state index in [1.807, 2.05) is 39.0 Å². The van der Waals surface area contributed by atoms with Gasteiger partial charge >= 0.3 is 0 Å². The summed E-state index contributed by atoms with van der Waals surface area (Å²) < 4.78 is 24.2. The molecule has 0 saturated heterocycles. The molecule has 0 amide bonds. The molecule has 0 fully saturated rings. The van der Waals surface area contributed by atoms with E-state index in [2.05, 4.69) is 10.5 Å². The molecular formula is C18H21FN2O2. The van der Waals surface area contributed by atoms with Crippen LogP contribution in [0.15, 0.2) is 47.6 Å². The lowest BCUT2D eigenvalue weighted by Gasteiger charge is -2.14. The molecule has 0 saturated carbocycles. The average molecular weight is 316 g/mol. The van der Waals surface area contributed by atoms with Gasteiger partial charge in [-0.3, -0.25) is 5.43 Å². The van der Waals surface area contributed by atoms with Crippen LogP contribution in [0.1, 0.15) is 26.3 Å². The van der Waals surface area contributed by atoms with Crippen molar-refractivity contribution in [2.24, 2.45) is 5.10 Å². The monoisotopic (exact) mass is 316 g/mol. The van der Waals surface area contributed by atoms with E-state index in [4.69, 9.17) is 9.47 Å². The molecule has 0 heterocycles. The van der Waals surface area contributed by atoms with Crippen molar-refractivity contribution in [1.82, 2.24) is 0 Å². The summed E-state index contributed by atoms with van der Waals surface area (Å²) in [7, 11) is 0. The van der Waals surface area contributed by atoms with Crippen molar-refractivity contribution in [1.29, 1.82) is 0 Å². The molecule has 0 aliphatic rings. The molecule has 122 valence electrons. The van der Waals surface area contributed by atoms with Crippen molar-refractivity contribution in [2.45, 2.75) is 26.9 Å². The second-order valence-electron chi connectivity index (χ2n) is 5.18. The zero-order valence-corrected chi connectivity index (χ0v) is 13.5. The average Bonchev–Trinajstić information content (AvgIpc) is 2.51. The lowest BCUT2D eigenvalue weighted by atomic mass is 10.2. The topological polar surface area (TPSA) is 42.8 Å². The van der Waals surface area contributed by atoms with Crippen molar-refractivity contribution in [3.05, 3.63) is 53.8 Å². The van der Waals surface area contributed by atoms with Crippen LogP contribution in [-0.2, 0) is 0 Å². The molecule has 0 aliphatic heterocycles. The van der Waals surface area contributed by atoms with Crippen LogP contribution in [0, 0.1) is 5.82 Å². The minimum absolute atomic E-state index is 0.0777. The molecule has 0 unspecified atom stereocenters. The molecule has 0 aliphatic carbocycles. The second-order valence-corrected chi connectivity index (χ2v) is 5.18. The Kier molecular flexibility index (Phi) is 5.97. The first-order valence-corrected chi connectivity index (χ1v) is 7.56. The smallest absolute Gasteiger partial charge is 0.161 e. The fourth-order valence-electron chi connectivity index (χ4n) is 1.93. The Labute approximate surface area is 135 Å². The van der Waals surface area contributed by atoms with Gasteiger partial charge < -0.3 is 9.47 Å². The minimum Gasteiger partial charge on any atom is -0.490 e. The quantitative estimate of drug-likeness (QED) is 0.606. The van der Waals surface area contributed by atoms with Gasteiger partial charge in [-0.25, -0.2) is 4.39 Å². The van der Waals surface area contributed by atoms with Gasteiger partial charge in [0, 0.05) is 0 Å². The third-order valence-corrected chi connectivity index (χ3v) is 2.88. The Morgan fingerprint density at radius 2 is 1.87 bits per heavy atom. The Bertz CT molecular complexity index is 655. The predicted molar refractivity (Wildman–Crippen MR) is 91.0 cm³/mol. The first kappa shape index (κ1) is 16.8. The Morgan fingerprint density at radius 3 is 2.52 bits per heavy atom. The number of hydrogen-bond donors (Lipinski definition) is 1. The Balaban J connectivity index is 2.08. The van der Waals surface area contributed by atoms with Crippen LogP contribution >= 0.6 is 0 Å². The van der Waals surface area contributed by atoms with E-state index >= 15 is 0 Å². The summed E-state index contributed by atoms with van der Waals surface area (Å²) in [4.78, 5) is 0. The fraction of sp³-hybridized carbons (Fsp3) is 0.278. The lowest BCUT2D eigenvalue weighted by molar-refractivity contribution is 0.224. The van der Waals surface area contributed by atoms with Crippen molar-refractivity contribution >= 4 is 11.9 Å². The number of anilines is 1. The van der Waals surface area contributed by atoms with E-state index in [0.717, 1.165) is 5.56 Å². The largest absolute Gasteiger partial charge is 0.490 e. The lowest BCUT2D eigenvalue weighted by Crippen LogP contribution is -2.07. The van der Waals surface area contributed by atoms with E-state index in [0.29, 0.717) is 23.8 Å². The fourth-order valence-corrected chi connectivity index (χ4v) is 1.93. The molecule has 0 atom stereocenters. The van der Waals surface area contributed by atoms with Gasteiger partial charge in [-0.1, -0.05) is 0 Å². The van der Waals surface area contributed by atoms with E-state index in [1.54, 1.807) is 18.3 Å². The normalized spacial score (nSPS) is 11.0. The molecule has 5 heteroatoms. The maximum Gasteiger partial charge on any atom is 0.161 e. The van der Waals surface area contributed by atoms with Crippen LogP contribution in [0.3, 0.4) is 0 Å². The van der Waals surface area contributed by atoms with Gasteiger partial charge in [0.15, 0.2) is 11.5 Å². The zero-order chi connectivity index (χ0) is 16.7. The van der Waals surface area contributed by atoms with Gasteiger partial charge in [0.05, 0.1) is 24.6 Å². The molecule has 0 radical (unpaired) electrons. The third-order valence-electron chi connectivity index (χ3n) is 2.88. The van der Waals surface area contributed by atoms with Crippen LogP contribution in [0.25, 0.3) is 0 Å². The SMILES string of the molecule is CCOc1cc(/C=N/Nc2ccc(F)cc2)ccc1OC(C)C. The molecule has 0 bridgehead atoms. The number of ether oxygens (including phenoxy) is 2. The Morgan fingerprint density at radius 1 is 1.13 bits per heavy atom. The van der Waals surface area contributed by atoms with Gasteiger partial charge in [-0.15, -0.1) is 0 Å². The van der Waals surface area contributed by atoms with Crippen LogP contribution in [0.4, 0.5) is 10.1 Å². The van der Waals surface area contributed by atoms with Crippen LogP contribution < -0.4 is 14.9 Å². The van der Waals surface area contributed by atoms with E-state index in [9.17, 15) is 4.39 Å². The summed E-state index contributed by atoms with van der Waals surface area (Å²) in [5.41, 5.74) is 4.44. The molecular weight excluding hydrogens is 295 g/mol. The third kappa shape index (κ3) is 5.29. The molecule has 4 nitrogen and oxygen atoms in total. The predicted octanol–water partition coefficient (Wildman–Crippen LogP) is 4.46. The summed E-state index contributed by atoms with van der Waals surface area (Å²) >= 11 is 0. The highest BCUT2D eigenvalue weighted by Gasteiger charge is 2.07. The summed E-state index contributed by atoms with van der Waals surface area (Å²) in [5, 5.41) is 4.14. The van der Waals surface area contributed by atoms with Gasteiger partial charge in [-0.05, 0) is 68.8 Å². The maximum atomic E-state index is 12.8. The highest BCUT2D eigenvalue weighted by atomic mass is 19.1. The number of rotatable bonds is 7. The van der Waals surface area contributed by atoms with Crippen molar-refractivity contribution in [2.75, 3.05) is 12.0 Å². The van der Waals surface area contributed by atoms with Gasteiger partial charge in [0.25, 0.3) is 0 Å². The summed E-state index contributed by atoms with van der Waals surface area (Å²) in [5.74, 6) is 1.12. The first-order valence-electron chi connectivity index (χ1n) is 7.56. The number of nitrogens with one attached hydrogen (secondary N) is 1. The minimum atomic E-state index is -0.276. The Hall–Kier alpha value is -2.56. The molecule has 2 aromatic carbocycles. The maximum absolute atomic E-state index is 12.8. The molecule has 0 spiro atoms. The zero-order valence-electron chi connectivity index (χ0n) is 13.5. The molecule has 2 aromatic rings. The molecule has 0 aromatic heterocycles. The highest BCUT2D eigenvalue weighted by Crippen LogP contribution is 2.29. The second kappa shape index (κ2) is 8.17. The molecule has 1 N–H and O–H groups in total.